The largest absolute Gasteiger partial charge is 0.396 e. The summed E-state index contributed by atoms with van der Waals surface area (Å²) in [5.41, 5.74) is 2.47. The van der Waals surface area contributed by atoms with E-state index in [2.05, 4.69) is 41.8 Å². The molecule has 1 N–H and O–H groups in total. The highest BCUT2D eigenvalue weighted by Crippen LogP contribution is 2.34. The Labute approximate surface area is 167 Å². The van der Waals surface area contributed by atoms with E-state index in [0.29, 0.717) is 5.92 Å². The molecule has 1 aromatic heterocycles. The van der Waals surface area contributed by atoms with Crippen LogP contribution in [0.2, 0.25) is 5.02 Å². The van der Waals surface area contributed by atoms with Crippen molar-refractivity contribution in [2.45, 2.75) is 25.8 Å². The van der Waals surface area contributed by atoms with E-state index in [9.17, 15) is 5.11 Å². The number of nitrogens with zero attached hydrogens (tertiary/aromatic N) is 4. The fourth-order valence-corrected chi connectivity index (χ4v) is 4.70. The molecule has 1 saturated heterocycles. The number of hydrogen-bond acceptors (Lipinski definition) is 5. The molecule has 3 heterocycles. The summed E-state index contributed by atoms with van der Waals surface area (Å²) in [5.74, 6) is 2.21. The summed E-state index contributed by atoms with van der Waals surface area (Å²) in [6.07, 6.45) is 4.75. The van der Waals surface area contributed by atoms with Crippen LogP contribution in [0.3, 0.4) is 0 Å². The Hall–Kier alpha value is -1.37. The standard InChI is InChI=1S/C19H22BrClN4O/c20-16-3-4-17(21)15-10-25(7-5-14(15)16)19-8-18(22-12-23-19)24-6-1-2-13(9-24)11-26/h3-4,8,12-13,26H,1-2,5-7,9-11H2. The van der Waals surface area contributed by atoms with Crippen molar-refractivity contribution in [2.24, 2.45) is 5.92 Å². The summed E-state index contributed by atoms with van der Waals surface area (Å²) < 4.78 is 1.13. The van der Waals surface area contributed by atoms with Crippen LogP contribution in [0.5, 0.6) is 0 Å². The first kappa shape index (κ1) is 18.0. The highest BCUT2D eigenvalue weighted by molar-refractivity contribution is 9.10. The third-order valence-corrected chi connectivity index (χ3v) is 6.46. The quantitative estimate of drug-likeness (QED) is 0.794. The number of benzene rings is 1. The van der Waals surface area contributed by atoms with Crippen molar-refractivity contribution in [3.05, 3.63) is 45.1 Å². The van der Waals surface area contributed by atoms with Gasteiger partial charge in [0.05, 0.1) is 0 Å². The van der Waals surface area contributed by atoms with E-state index in [0.717, 1.165) is 66.6 Å². The molecular weight excluding hydrogens is 416 g/mol. The number of aliphatic hydroxyl groups excluding tert-OH is 1. The van der Waals surface area contributed by atoms with Crippen molar-refractivity contribution in [3.63, 3.8) is 0 Å². The Balaban J connectivity index is 1.56. The van der Waals surface area contributed by atoms with E-state index in [4.69, 9.17) is 11.6 Å². The molecule has 0 aliphatic carbocycles. The maximum atomic E-state index is 9.47. The Bertz CT molecular complexity index is 803. The maximum Gasteiger partial charge on any atom is 0.134 e. The van der Waals surface area contributed by atoms with Gasteiger partial charge in [-0.05, 0) is 48.4 Å². The molecule has 138 valence electrons. The van der Waals surface area contributed by atoms with Crippen LogP contribution in [0.1, 0.15) is 24.0 Å². The SMILES string of the molecule is OCC1CCCN(c2cc(N3CCc4c(Br)ccc(Cl)c4C3)ncn2)C1. The normalized spacial score (nSPS) is 20.2. The highest BCUT2D eigenvalue weighted by Gasteiger charge is 2.24. The minimum Gasteiger partial charge on any atom is -0.396 e. The summed E-state index contributed by atoms with van der Waals surface area (Å²) >= 11 is 10.1. The predicted molar refractivity (Wildman–Crippen MR) is 108 cm³/mol. The van der Waals surface area contributed by atoms with Crippen LogP contribution in [0.4, 0.5) is 11.6 Å². The first-order chi connectivity index (χ1) is 12.7. The average Bonchev–Trinajstić information content (AvgIpc) is 2.71. The third-order valence-electron chi connectivity index (χ3n) is 5.36. The second-order valence-corrected chi connectivity index (χ2v) is 8.29. The molecule has 2 aliphatic rings. The summed E-state index contributed by atoms with van der Waals surface area (Å²) in [6.45, 7) is 3.73. The van der Waals surface area contributed by atoms with Gasteiger partial charge in [0.15, 0.2) is 0 Å². The Morgan fingerprint density at radius 1 is 1.15 bits per heavy atom. The van der Waals surface area contributed by atoms with Gasteiger partial charge < -0.3 is 14.9 Å². The van der Waals surface area contributed by atoms with Gasteiger partial charge in [-0.25, -0.2) is 9.97 Å². The van der Waals surface area contributed by atoms with Gasteiger partial charge in [-0.15, -0.1) is 0 Å². The number of aromatic nitrogens is 2. The zero-order chi connectivity index (χ0) is 18.1. The van der Waals surface area contributed by atoms with Crippen molar-refractivity contribution < 1.29 is 5.11 Å². The Kier molecular flexibility index (Phi) is 5.34. The number of hydrogen-bond donors (Lipinski definition) is 1. The first-order valence-electron chi connectivity index (χ1n) is 9.04. The van der Waals surface area contributed by atoms with Gasteiger partial charge in [-0.2, -0.15) is 0 Å². The third kappa shape index (κ3) is 3.55. The van der Waals surface area contributed by atoms with E-state index < -0.39 is 0 Å². The van der Waals surface area contributed by atoms with Crippen molar-refractivity contribution >= 4 is 39.2 Å². The lowest BCUT2D eigenvalue weighted by Crippen LogP contribution is -2.37. The zero-order valence-corrected chi connectivity index (χ0v) is 16.9. The molecule has 1 fully saturated rings. The molecule has 26 heavy (non-hydrogen) atoms. The Morgan fingerprint density at radius 3 is 2.77 bits per heavy atom. The lowest BCUT2D eigenvalue weighted by Gasteiger charge is -2.34. The van der Waals surface area contributed by atoms with Gasteiger partial charge in [0, 0.05) is 48.3 Å². The van der Waals surface area contributed by atoms with Crippen LogP contribution in [0.25, 0.3) is 0 Å². The molecule has 2 aromatic rings. The van der Waals surface area contributed by atoms with E-state index >= 15 is 0 Å². The van der Waals surface area contributed by atoms with Crippen LogP contribution in [0.15, 0.2) is 29.0 Å². The van der Waals surface area contributed by atoms with Gasteiger partial charge in [0.25, 0.3) is 0 Å². The number of anilines is 2. The second-order valence-electron chi connectivity index (χ2n) is 7.03. The average molecular weight is 438 g/mol. The topological polar surface area (TPSA) is 52.5 Å². The first-order valence-corrected chi connectivity index (χ1v) is 10.2. The molecule has 5 nitrogen and oxygen atoms in total. The molecule has 1 aromatic carbocycles. The summed E-state index contributed by atoms with van der Waals surface area (Å²) in [5, 5.41) is 10.3. The molecule has 2 aliphatic heterocycles. The van der Waals surface area contributed by atoms with Crippen LogP contribution in [-0.2, 0) is 13.0 Å². The fraction of sp³-hybridized carbons (Fsp3) is 0.474. The van der Waals surface area contributed by atoms with Gasteiger partial charge in [-0.3, -0.25) is 0 Å². The number of aliphatic hydroxyl groups is 1. The van der Waals surface area contributed by atoms with E-state index in [1.807, 2.05) is 12.1 Å². The van der Waals surface area contributed by atoms with Gasteiger partial charge in [0.2, 0.25) is 0 Å². The lowest BCUT2D eigenvalue weighted by molar-refractivity contribution is 0.208. The molecule has 1 unspecified atom stereocenters. The van der Waals surface area contributed by atoms with Crippen molar-refractivity contribution in [3.8, 4) is 0 Å². The molecule has 7 heteroatoms. The smallest absolute Gasteiger partial charge is 0.134 e. The molecule has 0 spiro atoms. The molecule has 0 radical (unpaired) electrons. The maximum absolute atomic E-state index is 9.47. The Morgan fingerprint density at radius 2 is 1.96 bits per heavy atom. The predicted octanol–water partition coefficient (Wildman–Crippen LogP) is 3.66. The van der Waals surface area contributed by atoms with Crippen molar-refractivity contribution in [2.75, 3.05) is 36.0 Å². The van der Waals surface area contributed by atoms with Gasteiger partial charge >= 0.3 is 0 Å². The van der Waals surface area contributed by atoms with Crippen LogP contribution in [0, 0.1) is 5.92 Å². The monoisotopic (exact) mass is 436 g/mol. The van der Waals surface area contributed by atoms with E-state index in [1.165, 1.54) is 11.1 Å². The van der Waals surface area contributed by atoms with Gasteiger partial charge in [-0.1, -0.05) is 27.5 Å². The van der Waals surface area contributed by atoms with E-state index in [-0.39, 0.29) is 6.61 Å². The number of piperidine rings is 1. The van der Waals surface area contributed by atoms with Crippen LogP contribution in [-0.4, -0.2) is 41.3 Å². The number of rotatable bonds is 3. The molecule has 4 rings (SSSR count). The lowest BCUT2D eigenvalue weighted by atomic mass is 9.99. The molecule has 1 atom stereocenters. The summed E-state index contributed by atoms with van der Waals surface area (Å²) in [6, 6.07) is 6.03. The highest BCUT2D eigenvalue weighted by atomic mass is 79.9. The van der Waals surface area contributed by atoms with Crippen molar-refractivity contribution in [1.82, 2.24) is 9.97 Å². The molecule has 0 bridgehead atoms. The minimum atomic E-state index is 0.241. The second kappa shape index (κ2) is 7.71. The fourth-order valence-electron chi connectivity index (χ4n) is 3.89. The molecular formula is C19H22BrClN4O. The molecule has 0 amide bonds. The van der Waals surface area contributed by atoms with E-state index in [1.54, 1.807) is 6.33 Å². The van der Waals surface area contributed by atoms with Crippen LogP contribution >= 0.6 is 27.5 Å². The van der Waals surface area contributed by atoms with Gasteiger partial charge in [0.1, 0.15) is 18.0 Å². The van der Waals surface area contributed by atoms with Crippen LogP contribution < -0.4 is 9.80 Å². The number of fused-ring (bicyclic) bond motifs is 1. The summed E-state index contributed by atoms with van der Waals surface area (Å²) in [7, 11) is 0. The molecule has 0 saturated carbocycles. The summed E-state index contributed by atoms with van der Waals surface area (Å²) in [4.78, 5) is 13.5. The number of halogens is 2. The zero-order valence-electron chi connectivity index (χ0n) is 14.5. The van der Waals surface area contributed by atoms with Crippen molar-refractivity contribution in [1.29, 1.82) is 0 Å². The minimum absolute atomic E-state index is 0.241.